The van der Waals surface area contributed by atoms with Gasteiger partial charge in [0.25, 0.3) is 5.91 Å². The molecule has 1 aliphatic heterocycles. The third-order valence-corrected chi connectivity index (χ3v) is 4.42. The first-order valence-electron chi connectivity index (χ1n) is 5.87. The van der Waals surface area contributed by atoms with Gasteiger partial charge in [-0.2, -0.15) is 0 Å². The molecule has 0 N–H and O–H groups in total. The molecule has 1 aromatic carbocycles. The quantitative estimate of drug-likeness (QED) is 0.754. The van der Waals surface area contributed by atoms with Gasteiger partial charge in [-0.05, 0) is 24.5 Å². The molecule has 0 aliphatic carbocycles. The zero-order valence-corrected chi connectivity index (χ0v) is 12.3. The van der Waals surface area contributed by atoms with E-state index in [0.717, 1.165) is 6.42 Å². The fraction of sp³-hybridized carbons (Fsp3) is 0.462. The summed E-state index contributed by atoms with van der Waals surface area (Å²) in [5.74, 6) is 0.725. The highest BCUT2D eigenvalue weighted by Crippen LogP contribution is 2.31. The Morgan fingerprint density at radius 2 is 2.00 bits per heavy atom. The molecule has 2 rings (SSSR count). The average Bonchev–Trinajstić information content (AvgIpc) is 2.69. The smallest absolute Gasteiger partial charge is 0.257 e. The van der Waals surface area contributed by atoms with E-state index in [2.05, 4.69) is 6.92 Å². The van der Waals surface area contributed by atoms with E-state index >= 15 is 0 Å². The van der Waals surface area contributed by atoms with Gasteiger partial charge < -0.3 is 4.90 Å². The number of carbonyl (C=O) groups is 1. The minimum atomic E-state index is -0.124. The zero-order chi connectivity index (χ0) is 13.3. The van der Waals surface area contributed by atoms with Crippen LogP contribution in [-0.2, 0) is 0 Å². The van der Waals surface area contributed by atoms with E-state index in [4.69, 9.17) is 34.8 Å². The fourth-order valence-corrected chi connectivity index (χ4v) is 3.37. The van der Waals surface area contributed by atoms with E-state index in [1.165, 1.54) is 0 Å². The van der Waals surface area contributed by atoms with Crippen molar-refractivity contribution < 1.29 is 4.79 Å². The molecule has 2 nitrogen and oxygen atoms in total. The topological polar surface area (TPSA) is 20.3 Å². The Bertz CT molecular complexity index is 443. The van der Waals surface area contributed by atoms with Gasteiger partial charge in [-0.1, -0.05) is 36.2 Å². The largest absolute Gasteiger partial charge is 0.334 e. The maximum absolute atomic E-state index is 12.5. The Hall–Kier alpha value is -0.440. The summed E-state index contributed by atoms with van der Waals surface area (Å²) in [5, 5.41) is 0.778. The van der Waals surface area contributed by atoms with Gasteiger partial charge in [-0.15, -0.1) is 11.6 Å². The number of benzene rings is 1. The summed E-state index contributed by atoms with van der Waals surface area (Å²) in [5.41, 5.74) is 0.380. The van der Waals surface area contributed by atoms with Crippen molar-refractivity contribution in [1.82, 2.24) is 4.90 Å². The van der Waals surface area contributed by atoms with Crippen LogP contribution in [0.1, 0.15) is 23.7 Å². The molecular weight excluding hydrogens is 293 g/mol. The van der Waals surface area contributed by atoms with Crippen molar-refractivity contribution in [2.45, 2.75) is 19.4 Å². The van der Waals surface area contributed by atoms with Crippen LogP contribution in [0.5, 0.6) is 0 Å². The molecule has 18 heavy (non-hydrogen) atoms. The number of hydrogen-bond donors (Lipinski definition) is 0. The predicted molar refractivity (Wildman–Crippen MR) is 75.8 cm³/mol. The molecule has 1 fully saturated rings. The number of likely N-dealkylation sites (tertiary alicyclic amines) is 1. The van der Waals surface area contributed by atoms with Gasteiger partial charge in [0.05, 0.1) is 15.6 Å². The highest BCUT2D eigenvalue weighted by Gasteiger charge is 2.35. The van der Waals surface area contributed by atoms with E-state index in [-0.39, 0.29) is 11.9 Å². The lowest BCUT2D eigenvalue weighted by Crippen LogP contribution is -2.38. The SMILES string of the molecule is CC1CCN(C(=O)c2c(Cl)cccc2Cl)C1CCl. The van der Waals surface area contributed by atoms with Crippen LogP contribution in [0, 0.1) is 5.92 Å². The van der Waals surface area contributed by atoms with E-state index in [0.29, 0.717) is 34.0 Å². The summed E-state index contributed by atoms with van der Waals surface area (Å²) in [6.07, 6.45) is 0.963. The summed E-state index contributed by atoms with van der Waals surface area (Å²) in [7, 11) is 0. The van der Waals surface area contributed by atoms with Crippen LogP contribution in [0.15, 0.2) is 18.2 Å². The van der Waals surface area contributed by atoms with Crippen LogP contribution >= 0.6 is 34.8 Å². The molecule has 1 aliphatic rings. The van der Waals surface area contributed by atoms with Crippen molar-refractivity contribution in [3.63, 3.8) is 0 Å². The van der Waals surface area contributed by atoms with Crippen molar-refractivity contribution >= 4 is 40.7 Å². The number of hydrogen-bond acceptors (Lipinski definition) is 1. The van der Waals surface area contributed by atoms with Gasteiger partial charge in [0.2, 0.25) is 0 Å². The van der Waals surface area contributed by atoms with Gasteiger partial charge in [-0.3, -0.25) is 4.79 Å². The summed E-state index contributed by atoms with van der Waals surface area (Å²) in [4.78, 5) is 14.3. The number of halogens is 3. The first-order chi connectivity index (χ1) is 8.56. The first-order valence-corrected chi connectivity index (χ1v) is 7.16. The molecule has 1 aromatic rings. The average molecular weight is 307 g/mol. The molecule has 0 radical (unpaired) electrons. The van der Waals surface area contributed by atoms with Gasteiger partial charge in [0.15, 0.2) is 0 Å². The van der Waals surface area contributed by atoms with Crippen molar-refractivity contribution in [2.75, 3.05) is 12.4 Å². The fourth-order valence-electron chi connectivity index (χ4n) is 2.34. The van der Waals surface area contributed by atoms with Crippen LogP contribution in [0.3, 0.4) is 0 Å². The van der Waals surface area contributed by atoms with Crippen molar-refractivity contribution in [3.05, 3.63) is 33.8 Å². The summed E-state index contributed by atoms with van der Waals surface area (Å²) in [6.45, 7) is 2.81. The molecule has 2 unspecified atom stereocenters. The standard InChI is InChI=1S/C13H14Cl3NO/c1-8-5-6-17(11(8)7-14)13(18)12-9(15)3-2-4-10(12)16/h2-4,8,11H,5-7H2,1H3. The monoisotopic (exact) mass is 305 g/mol. The molecule has 1 amide bonds. The first kappa shape index (κ1) is 14.0. The van der Waals surface area contributed by atoms with Crippen molar-refractivity contribution in [3.8, 4) is 0 Å². The molecular formula is C13H14Cl3NO. The van der Waals surface area contributed by atoms with Crippen LogP contribution in [-0.4, -0.2) is 29.3 Å². The maximum atomic E-state index is 12.5. The van der Waals surface area contributed by atoms with Crippen LogP contribution in [0.25, 0.3) is 0 Å². The highest BCUT2D eigenvalue weighted by atomic mass is 35.5. The zero-order valence-electron chi connectivity index (χ0n) is 10.00. The van der Waals surface area contributed by atoms with Crippen molar-refractivity contribution in [2.24, 2.45) is 5.92 Å². The number of rotatable bonds is 2. The lowest BCUT2D eigenvalue weighted by atomic mass is 10.0. The predicted octanol–water partition coefficient (Wildman–Crippen LogP) is 4.08. The molecule has 0 saturated carbocycles. The highest BCUT2D eigenvalue weighted by molar-refractivity contribution is 6.39. The third kappa shape index (κ3) is 2.47. The van der Waals surface area contributed by atoms with Crippen LogP contribution in [0.4, 0.5) is 0 Å². The summed E-state index contributed by atoms with van der Waals surface area (Å²) < 4.78 is 0. The van der Waals surface area contributed by atoms with E-state index in [1.54, 1.807) is 23.1 Å². The molecule has 98 valence electrons. The number of carbonyl (C=O) groups excluding carboxylic acids is 1. The summed E-state index contributed by atoms with van der Waals surface area (Å²) in [6, 6.07) is 5.14. The second kappa shape index (κ2) is 5.68. The van der Waals surface area contributed by atoms with Crippen LogP contribution in [0.2, 0.25) is 10.0 Å². The molecule has 1 saturated heterocycles. The molecule has 0 aromatic heterocycles. The van der Waals surface area contributed by atoms with E-state index in [1.807, 2.05) is 0 Å². The second-order valence-electron chi connectivity index (χ2n) is 4.58. The normalized spacial score (nSPS) is 23.4. The third-order valence-electron chi connectivity index (χ3n) is 3.48. The lowest BCUT2D eigenvalue weighted by molar-refractivity contribution is 0.0737. The van der Waals surface area contributed by atoms with Gasteiger partial charge in [0.1, 0.15) is 0 Å². The molecule has 5 heteroatoms. The minimum Gasteiger partial charge on any atom is -0.334 e. The number of nitrogens with zero attached hydrogens (tertiary/aromatic N) is 1. The number of amides is 1. The Labute approximate surface area is 122 Å². The molecule has 0 bridgehead atoms. The van der Waals surface area contributed by atoms with E-state index < -0.39 is 0 Å². The minimum absolute atomic E-state index is 0.0616. The second-order valence-corrected chi connectivity index (χ2v) is 5.71. The Morgan fingerprint density at radius 1 is 1.39 bits per heavy atom. The van der Waals surface area contributed by atoms with Crippen LogP contribution < -0.4 is 0 Å². The molecule has 2 atom stereocenters. The molecule has 0 spiro atoms. The van der Waals surface area contributed by atoms with Gasteiger partial charge >= 0.3 is 0 Å². The Balaban J connectivity index is 2.32. The van der Waals surface area contributed by atoms with Gasteiger partial charge in [-0.25, -0.2) is 0 Å². The Kier molecular flexibility index (Phi) is 4.41. The van der Waals surface area contributed by atoms with Crippen molar-refractivity contribution in [1.29, 1.82) is 0 Å². The summed E-state index contributed by atoms with van der Waals surface area (Å²) >= 11 is 18.1. The lowest BCUT2D eigenvalue weighted by Gasteiger charge is -2.25. The molecule has 1 heterocycles. The van der Waals surface area contributed by atoms with Gasteiger partial charge in [0, 0.05) is 18.5 Å². The van der Waals surface area contributed by atoms with E-state index in [9.17, 15) is 4.79 Å². The number of alkyl halides is 1. The maximum Gasteiger partial charge on any atom is 0.257 e. The Morgan fingerprint density at radius 3 is 2.56 bits per heavy atom.